The van der Waals surface area contributed by atoms with Gasteiger partial charge in [-0.3, -0.25) is 0 Å². The number of carbonyl (C=O) groups excluding carboxylic acids is 1. The molecule has 2 aliphatic carbocycles. The van der Waals surface area contributed by atoms with Gasteiger partial charge in [-0.1, -0.05) is 26.8 Å². The van der Waals surface area contributed by atoms with Crippen molar-refractivity contribution in [2.45, 2.75) is 52.1 Å². The van der Waals surface area contributed by atoms with Crippen LogP contribution in [0.25, 0.3) is 0 Å². The summed E-state index contributed by atoms with van der Waals surface area (Å²) < 4.78 is 11.1. The number of hydrogen-bond donors (Lipinski definition) is 0. The number of cyclic esters (lactones) is 1. The first-order chi connectivity index (χ1) is 9.03. The van der Waals surface area contributed by atoms with Crippen molar-refractivity contribution < 1.29 is 14.3 Å². The summed E-state index contributed by atoms with van der Waals surface area (Å²) in [5.74, 6) is 2.10. The van der Waals surface area contributed by atoms with Crippen LogP contribution in [0.15, 0.2) is 11.6 Å². The molecule has 0 unspecified atom stereocenters. The molecular weight excluding hydrogens is 240 g/mol. The van der Waals surface area contributed by atoms with Crippen LogP contribution in [0.5, 0.6) is 0 Å². The molecule has 0 spiro atoms. The molecule has 19 heavy (non-hydrogen) atoms. The van der Waals surface area contributed by atoms with Crippen molar-refractivity contribution in [3.8, 4) is 0 Å². The van der Waals surface area contributed by atoms with Gasteiger partial charge in [0.05, 0.1) is 0 Å². The third-order valence-corrected chi connectivity index (χ3v) is 5.59. The van der Waals surface area contributed by atoms with Gasteiger partial charge in [0.25, 0.3) is 0 Å². The van der Waals surface area contributed by atoms with Gasteiger partial charge in [0.2, 0.25) is 0 Å². The zero-order valence-electron chi connectivity index (χ0n) is 12.1. The standard InChI is InChI=1S/C16H24O3/c1-10(2)16-7-6-11(3)13-5-4-12(8-14(13)16)9-18-15(17)19-16/h8,10-11,13-14H,4-7,9H2,1-3H3/t11-,13+,14+,16+/m1/s1. The van der Waals surface area contributed by atoms with Gasteiger partial charge >= 0.3 is 6.16 Å². The molecule has 0 amide bonds. The van der Waals surface area contributed by atoms with Crippen molar-refractivity contribution in [3.63, 3.8) is 0 Å². The molecule has 3 aliphatic rings. The second-order valence-corrected chi connectivity index (χ2v) is 6.82. The Balaban J connectivity index is 2.06. The minimum Gasteiger partial charge on any atom is -0.430 e. The summed E-state index contributed by atoms with van der Waals surface area (Å²) in [6.07, 6.45) is 6.30. The maximum atomic E-state index is 11.9. The van der Waals surface area contributed by atoms with Gasteiger partial charge in [-0.2, -0.15) is 0 Å². The Morgan fingerprint density at radius 1 is 1.37 bits per heavy atom. The molecule has 0 aromatic rings. The van der Waals surface area contributed by atoms with Crippen LogP contribution in [0.2, 0.25) is 0 Å². The molecule has 0 N–H and O–H groups in total. The molecule has 1 heterocycles. The third kappa shape index (κ3) is 1.98. The molecule has 3 nitrogen and oxygen atoms in total. The summed E-state index contributed by atoms with van der Waals surface area (Å²) >= 11 is 0. The van der Waals surface area contributed by atoms with E-state index in [-0.39, 0.29) is 5.60 Å². The lowest BCUT2D eigenvalue weighted by atomic mass is 9.57. The van der Waals surface area contributed by atoms with Gasteiger partial charge in [0.1, 0.15) is 12.2 Å². The summed E-state index contributed by atoms with van der Waals surface area (Å²) in [6, 6.07) is 0. The predicted octanol–water partition coefficient (Wildman–Crippen LogP) is 3.93. The van der Waals surface area contributed by atoms with Gasteiger partial charge in [-0.05, 0) is 49.0 Å². The average molecular weight is 264 g/mol. The van der Waals surface area contributed by atoms with E-state index in [1.54, 1.807) is 0 Å². The molecule has 2 bridgehead atoms. The third-order valence-electron chi connectivity index (χ3n) is 5.59. The highest BCUT2D eigenvalue weighted by Crippen LogP contribution is 2.52. The van der Waals surface area contributed by atoms with Crippen LogP contribution in [0.1, 0.15) is 46.5 Å². The molecule has 0 aromatic heterocycles. The number of carbonyl (C=O) groups is 1. The van der Waals surface area contributed by atoms with E-state index in [2.05, 4.69) is 26.8 Å². The van der Waals surface area contributed by atoms with Crippen LogP contribution in [0.3, 0.4) is 0 Å². The van der Waals surface area contributed by atoms with Crippen LogP contribution in [-0.2, 0) is 9.47 Å². The highest BCUT2D eigenvalue weighted by molar-refractivity contribution is 5.61. The molecular formula is C16H24O3. The van der Waals surface area contributed by atoms with E-state index in [4.69, 9.17) is 9.47 Å². The largest absolute Gasteiger partial charge is 0.509 e. The van der Waals surface area contributed by atoms with E-state index in [0.717, 1.165) is 25.2 Å². The van der Waals surface area contributed by atoms with Crippen molar-refractivity contribution in [2.24, 2.45) is 23.7 Å². The first-order valence-corrected chi connectivity index (χ1v) is 7.58. The molecule has 0 saturated heterocycles. The van der Waals surface area contributed by atoms with Gasteiger partial charge < -0.3 is 9.47 Å². The smallest absolute Gasteiger partial charge is 0.430 e. The second-order valence-electron chi connectivity index (χ2n) is 6.82. The normalized spacial score (nSPS) is 41.8. The topological polar surface area (TPSA) is 35.5 Å². The Kier molecular flexibility index (Phi) is 3.11. The van der Waals surface area contributed by atoms with Gasteiger partial charge in [0.15, 0.2) is 0 Å². The Bertz CT molecular complexity index is 412. The van der Waals surface area contributed by atoms with E-state index in [9.17, 15) is 4.79 Å². The van der Waals surface area contributed by atoms with Crippen LogP contribution >= 0.6 is 0 Å². The Morgan fingerprint density at radius 2 is 2.16 bits per heavy atom. The fraction of sp³-hybridized carbons (Fsp3) is 0.812. The zero-order chi connectivity index (χ0) is 13.6. The van der Waals surface area contributed by atoms with Crippen LogP contribution in [0, 0.1) is 23.7 Å². The van der Waals surface area contributed by atoms with Crippen molar-refractivity contribution in [2.75, 3.05) is 6.61 Å². The lowest BCUT2D eigenvalue weighted by molar-refractivity contribution is -0.135. The van der Waals surface area contributed by atoms with Gasteiger partial charge in [-0.15, -0.1) is 0 Å². The van der Waals surface area contributed by atoms with Crippen molar-refractivity contribution in [1.29, 1.82) is 0 Å². The summed E-state index contributed by atoms with van der Waals surface area (Å²) in [7, 11) is 0. The Hall–Kier alpha value is -0.990. The maximum Gasteiger partial charge on any atom is 0.509 e. The fourth-order valence-corrected chi connectivity index (χ4v) is 4.34. The van der Waals surface area contributed by atoms with E-state index >= 15 is 0 Å². The molecule has 3 heteroatoms. The molecule has 0 radical (unpaired) electrons. The molecule has 1 aliphatic heterocycles. The van der Waals surface area contributed by atoms with E-state index < -0.39 is 6.16 Å². The molecule has 0 aromatic carbocycles. The molecule has 1 saturated carbocycles. The van der Waals surface area contributed by atoms with Crippen molar-refractivity contribution >= 4 is 6.16 Å². The minimum atomic E-state index is -0.473. The van der Waals surface area contributed by atoms with Crippen molar-refractivity contribution in [1.82, 2.24) is 0 Å². The highest BCUT2D eigenvalue weighted by atomic mass is 16.7. The number of hydrogen-bond acceptors (Lipinski definition) is 3. The van der Waals surface area contributed by atoms with E-state index in [1.807, 2.05) is 0 Å². The summed E-state index contributed by atoms with van der Waals surface area (Å²) in [5.41, 5.74) is 0.942. The monoisotopic (exact) mass is 264 g/mol. The summed E-state index contributed by atoms with van der Waals surface area (Å²) in [4.78, 5) is 11.9. The minimum absolute atomic E-state index is 0.328. The predicted molar refractivity (Wildman–Crippen MR) is 72.7 cm³/mol. The Labute approximate surface area is 115 Å². The van der Waals surface area contributed by atoms with Crippen molar-refractivity contribution in [3.05, 3.63) is 11.6 Å². The lowest BCUT2D eigenvalue weighted by Crippen LogP contribution is -2.55. The molecule has 1 fully saturated rings. The quantitative estimate of drug-likeness (QED) is 0.531. The van der Waals surface area contributed by atoms with Crippen LogP contribution in [0.4, 0.5) is 4.79 Å². The summed E-state index contributed by atoms with van der Waals surface area (Å²) in [5, 5.41) is 0. The second kappa shape index (κ2) is 4.53. The molecule has 106 valence electrons. The Morgan fingerprint density at radius 3 is 2.89 bits per heavy atom. The molecule has 3 rings (SSSR count). The van der Waals surface area contributed by atoms with E-state index in [1.165, 1.54) is 12.0 Å². The number of rotatable bonds is 1. The van der Waals surface area contributed by atoms with E-state index in [0.29, 0.717) is 24.4 Å². The average Bonchev–Trinajstić information content (AvgIpc) is 2.38. The molecule has 4 atom stereocenters. The van der Waals surface area contributed by atoms with Gasteiger partial charge in [0, 0.05) is 5.92 Å². The lowest BCUT2D eigenvalue weighted by Gasteiger charge is -2.53. The van der Waals surface area contributed by atoms with Crippen LogP contribution < -0.4 is 0 Å². The maximum absolute atomic E-state index is 11.9. The van der Waals surface area contributed by atoms with Gasteiger partial charge in [-0.25, -0.2) is 4.79 Å². The number of ether oxygens (including phenoxy) is 2. The SMILES string of the molecule is CC(C)[C@@]12CC[C@@H](C)[C@@H]3CCC(=C[C@@H]31)COC(=O)O2. The van der Waals surface area contributed by atoms with Crippen LogP contribution in [-0.4, -0.2) is 18.4 Å². The fourth-order valence-electron chi connectivity index (χ4n) is 4.34. The zero-order valence-corrected chi connectivity index (χ0v) is 12.1. The first-order valence-electron chi connectivity index (χ1n) is 7.58. The summed E-state index contributed by atoms with van der Waals surface area (Å²) in [6.45, 7) is 7.11. The first kappa shape index (κ1) is 13.0. The highest BCUT2D eigenvalue weighted by Gasteiger charge is 2.53.